The fourth-order valence-corrected chi connectivity index (χ4v) is 6.44. The molecule has 3 nitrogen and oxygen atoms in total. The molecule has 0 heterocycles. The van der Waals surface area contributed by atoms with Crippen LogP contribution in [0, 0.1) is 28.6 Å². The van der Waals surface area contributed by atoms with Crippen molar-refractivity contribution in [2.75, 3.05) is 0 Å². The van der Waals surface area contributed by atoms with Crippen LogP contribution in [0.4, 0.5) is 0 Å². The van der Waals surface area contributed by atoms with E-state index in [1.807, 2.05) is 36.4 Å². The van der Waals surface area contributed by atoms with Crippen LogP contribution in [0.2, 0.25) is 0 Å². The van der Waals surface area contributed by atoms with Crippen LogP contribution >= 0.6 is 0 Å². The number of aliphatic hydroxyl groups excluding tert-OH is 1. The third-order valence-corrected chi connectivity index (χ3v) is 7.97. The minimum atomic E-state index is -0.398. The van der Waals surface area contributed by atoms with Crippen LogP contribution in [0.25, 0.3) is 6.08 Å². The Morgan fingerprint density at radius 2 is 1.93 bits per heavy atom. The lowest BCUT2D eigenvalue weighted by Gasteiger charge is -2.49. The summed E-state index contributed by atoms with van der Waals surface area (Å²) in [5.41, 5.74) is 5.52. The lowest BCUT2D eigenvalue weighted by molar-refractivity contribution is -0.0158. The summed E-state index contributed by atoms with van der Waals surface area (Å²) in [5, 5.41) is 30.1. The molecule has 0 bridgehead atoms. The summed E-state index contributed by atoms with van der Waals surface area (Å²) in [6.45, 7) is 2.28. The number of aromatic hydroxyl groups is 1. The van der Waals surface area contributed by atoms with E-state index in [0.29, 0.717) is 29.1 Å². The number of nitriles is 1. The van der Waals surface area contributed by atoms with Crippen molar-refractivity contribution in [3.05, 3.63) is 70.3 Å². The molecule has 0 amide bonds. The second-order valence-electron chi connectivity index (χ2n) is 9.40. The monoisotopic (exact) mass is 385 g/mol. The molecular weight excluding hydrogens is 358 g/mol. The number of aryl methyl sites for hydroxylation is 1. The van der Waals surface area contributed by atoms with E-state index in [1.54, 1.807) is 0 Å². The second kappa shape index (κ2) is 6.75. The first-order valence-corrected chi connectivity index (χ1v) is 10.7. The third kappa shape index (κ3) is 2.90. The molecule has 2 fully saturated rings. The van der Waals surface area contributed by atoms with Crippen LogP contribution in [-0.4, -0.2) is 16.3 Å². The number of fused-ring (bicyclic) bond motifs is 5. The Kier molecular flexibility index (Phi) is 4.29. The molecule has 0 radical (unpaired) electrons. The largest absolute Gasteiger partial charge is 0.508 e. The molecular formula is C26H27NO2. The number of rotatable bonds is 1. The lowest BCUT2D eigenvalue weighted by atomic mass is 9.55. The Morgan fingerprint density at radius 1 is 1.14 bits per heavy atom. The van der Waals surface area contributed by atoms with Gasteiger partial charge in [0.25, 0.3) is 0 Å². The van der Waals surface area contributed by atoms with Gasteiger partial charge < -0.3 is 10.2 Å². The first kappa shape index (κ1) is 18.5. The Labute approximate surface area is 172 Å². The number of nitrogens with zero attached hydrogens (tertiary/aromatic N) is 1. The van der Waals surface area contributed by atoms with Crippen LogP contribution in [0.1, 0.15) is 60.8 Å². The van der Waals surface area contributed by atoms with E-state index in [-0.39, 0.29) is 5.41 Å². The van der Waals surface area contributed by atoms with Crippen LogP contribution in [0.5, 0.6) is 5.75 Å². The number of phenols is 1. The van der Waals surface area contributed by atoms with Crippen molar-refractivity contribution in [3.8, 4) is 11.8 Å². The fourth-order valence-electron chi connectivity index (χ4n) is 6.44. The molecule has 2 aromatic rings. The SMILES string of the molecule is C[C@]12CC[C@@H]3c4ccc(O)cc4CC[C@H]3[C@@H]1C/C(=C\c1ccc(C#N)cc1)[C@@H]2O. The third-order valence-electron chi connectivity index (χ3n) is 7.97. The molecule has 3 aliphatic rings. The van der Waals surface area contributed by atoms with Gasteiger partial charge in [0.05, 0.1) is 17.7 Å². The van der Waals surface area contributed by atoms with E-state index < -0.39 is 6.10 Å². The molecule has 3 heteroatoms. The minimum Gasteiger partial charge on any atom is -0.508 e. The Morgan fingerprint density at radius 3 is 2.69 bits per heavy atom. The van der Waals surface area contributed by atoms with Gasteiger partial charge in [0, 0.05) is 5.41 Å². The molecule has 148 valence electrons. The van der Waals surface area contributed by atoms with Crippen molar-refractivity contribution in [2.45, 2.75) is 51.0 Å². The molecule has 0 aliphatic heterocycles. The van der Waals surface area contributed by atoms with Gasteiger partial charge in [0.2, 0.25) is 0 Å². The van der Waals surface area contributed by atoms with Gasteiger partial charge in [-0.25, -0.2) is 0 Å². The second-order valence-corrected chi connectivity index (χ2v) is 9.40. The average molecular weight is 386 g/mol. The summed E-state index contributed by atoms with van der Waals surface area (Å²) in [6, 6.07) is 15.7. The lowest BCUT2D eigenvalue weighted by Crippen LogP contribution is -2.44. The molecule has 0 saturated heterocycles. The number of aliphatic hydroxyl groups is 1. The number of phenolic OH excluding ortho intramolecular Hbond substituents is 1. The minimum absolute atomic E-state index is 0.0615. The summed E-state index contributed by atoms with van der Waals surface area (Å²) in [4.78, 5) is 0. The Bertz CT molecular complexity index is 1020. The summed E-state index contributed by atoms with van der Waals surface area (Å²) in [6.07, 6.45) is 6.98. The van der Waals surface area contributed by atoms with Gasteiger partial charge >= 0.3 is 0 Å². The first-order chi connectivity index (χ1) is 14.0. The predicted octanol–water partition coefficient (Wildman–Crippen LogP) is 5.17. The van der Waals surface area contributed by atoms with E-state index in [2.05, 4.69) is 25.1 Å². The Hall–Kier alpha value is -2.57. The van der Waals surface area contributed by atoms with Crippen molar-refractivity contribution in [2.24, 2.45) is 17.3 Å². The average Bonchev–Trinajstić information content (AvgIpc) is 2.99. The summed E-state index contributed by atoms with van der Waals surface area (Å²) in [7, 11) is 0. The van der Waals surface area contributed by atoms with Crippen molar-refractivity contribution in [1.82, 2.24) is 0 Å². The van der Waals surface area contributed by atoms with Crippen LogP contribution in [0.3, 0.4) is 0 Å². The number of benzene rings is 2. The van der Waals surface area contributed by atoms with Crippen molar-refractivity contribution < 1.29 is 10.2 Å². The van der Waals surface area contributed by atoms with Gasteiger partial charge in [-0.1, -0.05) is 31.2 Å². The van der Waals surface area contributed by atoms with E-state index in [1.165, 1.54) is 11.1 Å². The van der Waals surface area contributed by atoms with Gasteiger partial charge in [0.15, 0.2) is 0 Å². The van der Waals surface area contributed by atoms with Gasteiger partial charge in [-0.3, -0.25) is 0 Å². The number of hydrogen-bond acceptors (Lipinski definition) is 3. The van der Waals surface area contributed by atoms with Crippen molar-refractivity contribution >= 4 is 6.08 Å². The molecule has 5 rings (SSSR count). The molecule has 5 atom stereocenters. The predicted molar refractivity (Wildman–Crippen MR) is 113 cm³/mol. The van der Waals surface area contributed by atoms with Gasteiger partial charge in [-0.2, -0.15) is 5.26 Å². The van der Waals surface area contributed by atoms with E-state index in [0.717, 1.165) is 43.2 Å². The van der Waals surface area contributed by atoms with E-state index >= 15 is 0 Å². The van der Waals surface area contributed by atoms with Gasteiger partial charge in [-0.15, -0.1) is 0 Å². The van der Waals surface area contributed by atoms with Crippen LogP contribution in [-0.2, 0) is 6.42 Å². The highest BCUT2D eigenvalue weighted by atomic mass is 16.3. The topological polar surface area (TPSA) is 64.2 Å². The molecule has 0 spiro atoms. The van der Waals surface area contributed by atoms with Gasteiger partial charge in [-0.05, 0) is 96.4 Å². The highest BCUT2D eigenvalue weighted by Gasteiger charge is 2.56. The smallest absolute Gasteiger partial charge is 0.115 e. The maximum atomic E-state index is 11.3. The zero-order valence-electron chi connectivity index (χ0n) is 16.8. The van der Waals surface area contributed by atoms with Crippen molar-refractivity contribution in [3.63, 3.8) is 0 Å². The number of hydrogen-bond donors (Lipinski definition) is 2. The van der Waals surface area contributed by atoms with E-state index in [9.17, 15) is 10.2 Å². The standard InChI is InChI=1S/C26H27NO2/c1-26-11-10-22-21-9-7-20(28)13-18(21)6-8-23(22)24(26)14-19(25(26)29)12-16-2-4-17(15-27)5-3-16/h2-5,7,9,12-13,22-25,28-29H,6,8,10-11,14H2,1H3/b19-12+/t22-,23-,24+,25+,26+/m1/s1. The summed E-state index contributed by atoms with van der Waals surface area (Å²) < 4.78 is 0. The van der Waals surface area contributed by atoms with Crippen LogP contribution in [0.15, 0.2) is 48.0 Å². The van der Waals surface area contributed by atoms with Crippen molar-refractivity contribution in [1.29, 1.82) is 5.26 Å². The molecule has 0 unspecified atom stereocenters. The fraction of sp³-hybridized carbons (Fsp3) is 0.423. The van der Waals surface area contributed by atoms with Gasteiger partial charge in [0.1, 0.15) is 5.75 Å². The molecule has 2 aromatic carbocycles. The maximum absolute atomic E-state index is 11.3. The van der Waals surface area contributed by atoms with E-state index in [4.69, 9.17) is 5.26 Å². The molecule has 2 N–H and O–H groups in total. The quantitative estimate of drug-likeness (QED) is 0.711. The normalized spacial score (nSPS) is 34.2. The highest BCUT2D eigenvalue weighted by Crippen LogP contribution is 2.62. The zero-order valence-corrected chi connectivity index (χ0v) is 16.8. The highest BCUT2D eigenvalue weighted by molar-refractivity contribution is 5.57. The molecule has 0 aromatic heterocycles. The summed E-state index contributed by atoms with van der Waals surface area (Å²) >= 11 is 0. The van der Waals surface area contributed by atoms with Crippen LogP contribution < -0.4 is 0 Å². The maximum Gasteiger partial charge on any atom is 0.115 e. The Balaban J connectivity index is 1.46. The molecule has 3 aliphatic carbocycles. The molecule has 29 heavy (non-hydrogen) atoms. The summed E-state index contributed by atoms with van der Waals surface area (Å²) in [5.74, 6) is 1.99. The zero-order chi connectivity index (χ0) is 20.2. The first-order valence-electron chi connectivity index (χ1n) is 10.7. The molecule has 2 saturated carbocycles.